The zero-order valence-corrected chi connectivity index (χ0v) is 10.3. The number of carbonyl (C=O) groups is 2. The molecule has 0 aromatic carbocycles. The summed E-state index contributed by atoms with van der Waals surface area (Å²) in [4.78, 5) is 24.8. The minimum absolute atomic E-state index is 0.0169. The van der Waals surface area contributed by atoms with Crippen LogP contribution in [-0.2, 0) is 9.59 Å². The van der Waals surface area contributed by atoms with Crippen molar-refractivity contribution in [2.24, 2.45) is 5.41 Å². The molecule has 1 aliphatic rings. The molecule has 16 heavy (non-hydrogen) atoms. The van der Waals surface area contributed by atoms with Gasteiger partial charge < -0.3 is 10.0 Å². The fourth-order valence-electron chi connectivity index (χ4n) is 2.14. The topological polar surface area (TPSA) is 57.6 Å². The number of hydrogen-bond donors (Lipinski definition) is 1. The van der Waals surface area contributed by atoms with Gasteiger partial charge in [-0.2, -0.15) is 0 Å². The van der Waals surface area contributed by atoms with Crippen molar-refractivity contribution in [3.8, 4) is 0 Å². The van der Waals surface area contributed by atoms with Crippen LogP contribution >= 0.6 is 0 Å². The van der Waals surface area contributed by atoms with Gasteiger partial charge in [-0.25, -0.2) is 0 Å². The molecule has 1 N–H and O–H groups in total. The Morgan fingerprint density at radius 1 is 1.44 bits per heavy atom. The normalized spacial score (nSPS) is 21.2. The van der Waals surface area contributed by atoms with Crippen molar-refractivity contribution in [1.29, 1.82) is 0 Å². The van der Waals surface area contributed by atoms with Crippen LogP contribution in [-0.4, -0.2) is 34.5 Å². The Labute approximate surface area is 96.6 Å². The van der Waals surface area contributed by atoms with Gasteiger partial charge in [0.1, 0.15) is 0 Å². The zero-order chi connectivity index (χ0) is 12.3. The van der Waals surface area contributed by atoms with Crippen molar-refractivity contribution in [3.05, 3.63) is 0 Å². The van der Waals surface area contributed by atoms with E-state index in [1.54, 1.807) is 13.8 Å². The molecule has 1 aliphatic heterocycles. The highest BCUT2D eigenvalue weighted by atomic mass is 16.4. The molecule has 92 valence electrons. The van der Waals surface area contributed by atoms with E-state index in [1.807, 2.05) is 4.90 Å². The van der Waals surface area contributed by atoms with E-state index in [2.05, 4.69) is 6.92 Å². The standard InChI is InChI=1S/C12H21NO3/c1-4-9-6-5-7-13(9)10(14)8-12(2,3)11(15)16/h9H,4-8H2,1-3H3,(H,15,16). The number of carboxylic acids is 1. The zero-order valence-electron chi connectivity index (χ0n) is 10.3. The molecule has 0 aliphatic carbocycles. The molecule has 1 unspecified atom stereocenters. The lowest BCUT2D eigenvalue weighted by molar-refractivity contribution is -0.151. The van der Waals surface area contributed by atoms with E-state index < -0.39 is 11.4 Å². The summed E-state index contributed by atoms with van der Waals surface area (Å²) in [5.74, 6) is -0.926. The van der Waals surface area contributed by atoms with Crippen LogP contribution < -0.4 is 0 Å². The lowest BCUT2D eigenvalue weighted by Crippen LogP contribution is -2.39. The van der Waals surface area contributed by atoms with E-state index in [1.165, 1.54) is 0 Å². The van der Waals surface area contributed by atoms with E-state index in [0.717, 1.165) is 25.8 Å². The van der Waals surface area contributed by atoms with Gasteiger partial charge in [0.15, 0.2) is 0 Å². The highest BCUT2D eigenvalue weighted by Gasteiger charge is 2.35. The summed E-state index contributed by atoms with van der Waals surface area (Å²) in [6.07, 6.45) is 3.14. The van der Waals surface area contributed by atoms with E-state index in [4.69, 9.17) is 5.11 Å². The number of rotatable bonds is 4. The average Bonchev–Trinajstić information content (AvgIpc) is 2.64. The van der Waals surface area contributed by atoms with Gasteiger partial charge in [0.2, 0.25) is 5.91 Å². The third-order valence-corrected chi connectivity index (χ3v) is 3.34. The fraction of sp³-hybridized carbons (Fsp3) is 0.833. The molecule has 1 saturated heterocycles. The van der Waals surface area contributed by atoms with Crippen molar-refractivity contribution < 1.29 is 14.7 Å². The summed E-state index contributed by atoms with van der Waals surface area (Å²) in [7, 11) is 0. The van der Waals surface area contributed by atoms with Gasteiger partial charge in [0.05, 0.1) is 5.41 Å². The molecular formula is C12H21NO3. The fourth-order valence-corrected chi connectivity index (χ4v) is 2.14. The van der Waals surface area contributed by atoms with Crippen LogP contribution in [0.2, 0.25) is 0 Å². The molecule has 1 amide bonds. The predicted octanol–water partition coefficient (Wildman–Crippen LogP) is 1.89. The number of aliphatic carboxylic acids is 1. The Kier molecular flexibility index (Phi) is 3.94. The minimum Gasteiger partial charge on any atom is -0.481 e. The maximum atomic E-state index is 12.0. The number of hydrogen-bond acceptors (Lipinski definition) is 2. The van der Waals surface area contributed by atoms with Crippen molar-refractivity contribution in [3.63, 3.8) is 0 Å². The highest BCUT2D eigenvalue weighted by molar-refractivity contribution is 5.84. The van der Waals surface area contributed by atoms with Crippen molar-refractivity contribution in [2.75, 3.05) is 6.54 Å². The molecule has 1 atom stereocenters. The SMILES string of the molecule is CCC1CCCN1C(=O)CC(C)(C)C(=O)O. The van der Waals surface area contributed by atoms with Crippen LogP contribution in [0.3, 0.4) is 0 Å². The van der Waals surface area contributed by atoms with Gasteiger partial charge in [-0.15, -0.1) is 0 Å². The molecule has 0 bridgehead atoms. The monoisotopic (exact) mass is 227 g/mol. The molecule has 0 spiro atoms. The van der Waals surface area contributed by atoms with Crippen molar-refractivity contribution in [2.45, 2.75) is 52.5 Å². The molecule has 0 saturated carbocycles. The van der Waals surface area contributed by atoms with Crippen LogP contribution in [0.5, 0.6) is 0 Å². The average molecular weight is 227 g/mol. The Morgan fingerprint density at radius 2 is 2.06 bits per heavy atom. The van der Waals surface area contributed by atoms with E-state index in [0.29, 0.717) is 6.04 Å². The maximum Gasteiger partial charge on any atom is 0.309 e. The van der Waals surface area contributed by atoms with E-state index in [-0.39, 0.29) is 12.3 Å². The first-order valence-electron chi connectivity index (χ1n) is 5.91. The molecule has 4 heteroatoms. The first-order valence-corrected chi connectivity index (χ1v) is 5.91. The summed E-state index contributed by atoms with van der Waals surface area (Å²) in [6.45, 7) is 6.06. The van der Waals surface area contributed by atoms with Crippen LogP contribution in [0, 0.1) is 5.41 Å². The number of carboxylic acid groups (broad SMARTS) is 1. The molecule has 0 aromatic rings. The first kappa shape index (κ1) is 13.0. The van der Waals surface area contributed by atoms with Crippen LogP contribution in [0.15, 0.2) is 0 Å². The van der Waals surface area contributed by atoms with Gasteiger partial charge in [-0.05, 0) is 33.1 Å². The summed E-state index contributed by atoms with van der Waals surface area (Å²) >= 11 is 0. The van der Waals surface area contributed by atoms with Gasteiger partial charge in [-0.3, -0.25) is 9.59 Å². The van der Waals surface area contributed by atoms with Crippen LogP contribution in [0.1, 0.15) is 46.5 Å². The molecule has 1 rings (SSSR count). The van der Waals surface area contributed by atoms with Crippen LogP contribution in [0.25, 0.3) is 0 Å². The Morgan fingerprint density at radius 3 is 2.56 bits per heavy atom. The smallest absolute Gasteiger partial charge is 0.309 e. The van der Waals surface area contributed by atoms with Crippen molar-refractivity contribution >= 4 is 11.9 Å². The lowest BCUT2D eigenvalue weighted by atomic mass is 9.89. The van der Waals surface area contributed by atoms with Gasteiger partial charge in [-0.1, -0.05) is 6.92 Å². The van der Waals surface area contributed by atoms with E-state index >= 15 is 0 Å². The molecule has 1 heterocycles. The number of nitrogens with zero attached hydrogens (tertiary/aromatic N) is 1. The molecule has 4 nitrogen and oxygen atoms in total. The Balaban J connectivity index is 2.62. The third-order valence-electron chi connectivity index (χ3n) is 3.34. The summed E-state index contributed by atoms with van der Waals surface area (Å²) in [5, 5.41) is 8.99. The third kappa shape index (κ3) is 2.74. The van der Waals surface area contributed by atoms with Gasteiger partial charge in [0, 0.05) is 19.0 Å². The van der Waals surface area contributed by atoms with E-state index in [9.17, 15) is 9.59 Å². The Bertz CT molecular complexity index is 286. The predicted molar refractivity (Wildman–Crippen MR) is 61.1 cm³/mol. The molecule has 1 fully saturated rings. The van der Waals surface area contributed by atoms with Gasteiger partial charge in [0.25, 0.3) is 0 Å². The summed E-state index contributed by atoms with van der Waals surface area (Å²) < 4.78 is 0. The van der Waals surface area contributed by atoms with Gasteiger partial charge >= 0.3 is 5.97 Å². The lowest BCUT2D eigenvalue weighted by Gasteiger charge is -2.27. The number of likely N-dealkylation sites (tertiary alicyclic amines) is 1. The number of carbonyl (C=O) groups excluding carboxylic acids is 1. The second-order valence-corrected chi connectivity index (χ2v) is 5.16. The van der Waals surface area contributed by atoms with Crippen LogP contribution in [0.4, 0.5) is 0 Å². The highest BCUT2D eigenvalue weighted by Crippen LogP contribution is 2.26. The second-order valence-electron chi connectivity index (χ2n) is 5.16. The molecule has 0 aromatic heterocycles. The minimum atomic E-state index is -0.960. The molecular weight excluding hydrogens is 206 g/mol. The molecule has 0 radical (unpaired) electrons. The summed E-state index contributed by atoms with van der Waals surface area (Å²) in [5.41, 5.74) is -0.960. The quantitative estimate of drug-likeness (QED) is 0.797. The second kappa shape index (κ2) is 4.85. The summed E-state index contributed by atoms with van der Waals surface area (Å²) in [6, 6.07) is 0.317. The number of amides is 1. The maximum absolute atomic E-state index is 12.0. The largest absolute Gasteiger partial charge is 0.481 e. The van der Waals surface area contributed by atoms with Crippen molar-refractivity contribution in [1.82, 2.24) is 4.90 Å². The first-order chi connectivity index (χ1) is 7.38. The Hall–Kier alpha value is -1.06.